The first kappa shape index (κ1) is 19.1. The average molecular weight is 402 g/mol. The van der Waals surface area contributed by atoms with Gasteiger partial charge in [0.25, 0.3) is 0 Å². The topological polar surface area (TPSA) is 79.1 Å². The summed E-state index contributed by atoms with van der Waals surface area (Å²) in [6, 6.07) is 13.4. The van der Waals surface area contributed by atoms with Crippen LogP contribution in [0.3, 0.4) is 0 Å². The maximum Gasteiger partial charge on any atom is 0.344 e. The van der Waals surface area contributed by atoms with Gasteiger partial charge in [-0.3, -0.25) is 0 Å². The monoisotopic (exact) mass is 401 g/mol. The van der Waals surface area contributed by atoms with Gasteiger partial charge in [-0.05, 0) is 48.9 Å². The molecule has 0 bridgehead atoms. The molecule has 2 N–H and O–H groups in total. The highest BCUT2D eigenvalue weighted by Gasteiger charge is 2.33. The second-order valence-corrected chi connectivity index (χ2v) is 7.01. The van der Waals surface area contributed by atoms with Gasteiger partial charge in [-0.1, -0.05) is 41.6 Å². The van der Waals surface area contributed by atoms with Crippen LogP contribution in [-0.2, 0) is 9.53 Å². The first-order valence-corrected chi connectivity index (χ1v) is 9.31. The van der Waals surface area contributed by atoms with Gasteiger partial charge in [-0.15, -0.1) is 0 Å². The van der Waals surface area contributed by atoms with E-state index in [0.717, 1.165) is 17.3 Å². The molecule has 27 heavy (non-hydrogen) atoms. The Balaban J connectivity index is 2.03. The second kappa shape index (κ2) is 8.33. The first-order valence-electron chi connectivity index (χ1n) is 8.12. The Morgan fingerprint density at radius 1 is 1.22 bits per heavy atom. The Bertz CT molecular complexity index is 964. The summed E-state index contributed by atoms with van der Waals surface area (Å²) in [4.78, 5) is 17.3. The van der Waals surface area contributed by atoms with Crippen molar-refractivity contribution >= 4 is 46.1 Å². The highest BCUT2D eigenvalue weighted by atomic mass is 35.5. The number of benzene rings is 2. The highest BCUT2D eigenvalue weighted by Crippen LogP contribution is 2.40. The van der Waals surface area contributed by atoms with E-state index in [1.54, 1.807) is 61.5 Å². The third-order valence-electron chi connectivity index (χ3n) is 3.60. The van der Waals surface area contributed by atoms with Crippen LogP contribution in [0.4, 0.5) is 5.69 Å². The molecule has 0 saturated heterocycles. The molecule has 2 aromatic rings. The molecule has 1 heterocycles. The number of phenolic OH excluding ortho intramolecular Hbond substituents is 1. The van der Waals surface area contributed by atoms with Crippen molar-refractivity contribution in [2.24, 2.45) is 4.99 Å². The van der Waals surface area contributed by atoms with Crippen molar-refractivity contribution in [2.75, 3.05) is 6.61 Å². The fraction of sp³-hybridized carbons (Fsp3) is 0.100. The van der Waals surface area contributed by atoms with E-state index >= 15 is 0 Å². The third kappa shape index (κ3) is 4.53. The summed E-state index contributed by atoms with van der Waals surface area (Å²) in [5.74, 6) is -0.684. The van der Waals surface area contributed by atoms with Gasteiger partial charge in [-0.2, -0.15) is 0 Å². The lowest BCUT2D eigenvalue weighted by Crippen LogP contribution is -2.12. The van der Waals surface area contributed by atoms with Crippen LogP contribution in [0.25, 0.3) is 6.08 Å². The lowest BCUT2D eigenvalue weighted by atomic mass is 10.1. The van der Waals surface area contributed by atoms with Crippen LogP contribution in [0.1, 0.15) is 12.5 Å². The van der Waals surface area contributed by atoms with Gasteiger partial charge in [0.2, 0.25) is 0 Å². The van der Waals surface area contributed by atoms with Crippen LogP contribution in [0.15, 0.2) is 69.8 Å². The van der Waals surface area contributed by atoms with Crippen LogP contribution in [-0.4, -0.2) is 27.8 Å². The highest BCUT2D eigenvalue weighted by molar-refractivity contribution is 8.18. The van der Waals surface area contributed by atoms with Crippen molar-refractivity contribution in [1.29, 1.82) is 0 Å². The van der Waals surface area contributed by atoms with Gasteiger partial charge in [-0.25, -0.2) is 9.79 Å². The van der Waals surface area contributed by atoms with E-state index in [2.05, 4.69) is 4.99 Å². The number of nitrogens with zero attached hydrogens (tertiary/aromatic N) is 1. The summed E-state index contributed by atoms with van der Waals surface area (Å²) < 4.78 is 5.06. The molecule has 3 rings (SSSR count). The van der Waals surface area contributed by atoms with Crippen molar-refractivity contribution in [3.8, 4) is 5.75 Å². The molecule has 0 unspecified atom stereocenters. The number of aliphatic hydroxyl groups excluding tert-OH is 1. The number of carbonyl (C=O) groups excluding carboxylic acids is 1. The van der Waals surface area contributed by atoms with E-state index in [0.29, 0.717) is 20.7 Å². The van der Waals surface area contributed by atoms with Gasteiger partial charge in [0.1, 0.15) is 22.1 Å². The number of aliphatic imine (C=N–C) groups is 1. The molecule has 5 nitrogen and oxygen atoms in total. The zero-order valence-electron chi connectivity index (χ0n) is 14.3. The number of ether oxygens (including phenoxy) is 1. The summed E-state index contributed by atoms with van der Waals surface area (Å²) in [5, 5.41) is 20.8. The molecule has 0 atom stereocenters. The molecular weight excluding hydrogens is 386 g/mol. The molecule has 0 fully saturated rings. The van der Waals surface area contributed by atoms with Crippen LogP contribution >= 0.6 is 23.4 Å². The minimum atomic E-state index is -0.641. The predicted octanol–water partition coefficient (Wildman–Crippen LogP) is 5.24. The van der Waals surface area contributed by atoms with Gasteiger partial charge in [0, 0.05) is 5.02 Å². The van der Waals surface area contributed by atoms with E-state index in [1.807, 2.05) is 0 Å². The Morgan fingerprint density at radius 2 is 1.96 bits per heavy atom. The van der Waals surface area contributed by atoms with Crippen molar-refractivity contribution in [2.45, 2.75) is 6.92 Å². The van der Waals surface area contributed by atoms with Crippen molar-refractivity contribution in [1.82, 2.24) is 0 Å². The van der Waals surface area contributed by atoms with E-state index in [4.69, 9.17) is 16.3 Å². The number of hydrogen-bond acceptors (Lipinski definition) is 6. The molecule has 0 saturated carbocycles. The molecule has 0 aromatic heterocycles. The molecule has 0 radical (unpaired) electrons. The molecule has 138 valence electrons. The molecule has 1 aliphatic heterocycles. The Labute approximate surface area is 165 Å². The van der Waals surface area contributed by atoms with Crippen molar-refractivity contribution in [3.05, 3.63) is 75.4 Å². The van der Waals surface area contributed by atoms with Crippen LogP contribution < -0.4 is 0 Å². The molecule has 2 aromatic carbocycles. The summed E-state index contributed by atoms with van der Waals surface area (Å²) in [7, 11) is 0. The lowest BCUT2D eigenvalue weighted by Gasteiger charge is -2.04. The number of hydrogen-bond donors (Lipinski definition) is 2. The Morgan fingerprint density at radius 3 is 2.63 bits per heavy atom. The molecule has 7 heteroatoms. The standard InChI is InChI=1S/C20H16ClNO4S/c1-2-26-20(25)17-18(24)16(10-12-6-8-15(23)9-7-12)27-19(17)22-14-5-3-4-13(21)11-14/h3-11,23-24H,2H2,1H3/b16-10-,22-19?. The van der Waals surface area contributed by atoms with Gasteiger partial charge in [0.15, 0.2) is 0 Å². The fourth-order valence-corrected chi connectivity index (χ4v) is 3.60. The van der Waals surface area contributed by atoms with Crippen LogP contribution in [0.5, 0.6) is 5.75 Å². The number of aromatic hydroxyl groups is 1. The minimum absolute atomic E-state index is 0.0202. The Hall–Kier alpha value is -2.70. The zero-order chi connectivity index (χ0) is 19.4. The minimum Gasteiger partial charge on any atom is -0.508 e. The first-order chi connectivity index (χ1) is 13.0. The fourth-order valence-electron chi connectivity index (χ4n) is 2.38. The SMILES string of the molecule is CCOC(=O)C1=C(O)/C(=C/c2ccc(O)cc2)SC1=Nc1cccc(Cl)c1. The molecule has 0 amide bonds. The maximum absolute atomic E-state index is 12.3. The normalized spacial score (nSPS) is 17.0. The maximum atomic E-state index is 12.3. The summed E-state index contributed by atoms with van der Waals surface area (Å²) in [5.41, 5.74) is 1.34. The number of phenols is 1. The molecular formula is C20H16ClNO4S. The van der Waals surface area contributed by atoms with E-state index in [1.165, 1.54) is 0 Å². The number of thioether (sulfide) groups is 1. The van der Waals surface area contributed by atoms with Crippen LogP contribution in [0, 0.1) is 0 Å². The second-order valence-electron chi connectivity index (χ2n) is 5.54. The number of halogens is 1. The van der Waals surface area contributed by atoms with E-state index < -0.39 is 5.97 Å². The molecule has 1 aliphatic rings. The number of carbonyl (C=O) groups is 1. The Kier molecular flexibility index (Phi) is 5.88. The number of esters is 1. The molecule has 0 aliphatic carbocycles. The summed E-state index contributed by atoms with van der Waals surface area (Å²) in [6.07, 6.45) is 1.71. The predicted molar refractivity (Wildman–Crippen MR) is 109 cm³/mol. The summed E-state index contributed by atoms with van der Waals surface area (Å²) >= 11 is 7.16. The van der Waals surface area contributed by atoms with Crippen molar-refractivity contribution < 1.29 is 19.7 Å². The summed E-state index contributed by atoms with van der Waals surface area (Å²) in [6.45, 7) is 1.88. The van der Waals surface area contributed by atoms with Crippen LogP contribution in [0.2, 0.25) is 5.02 Å². The largest absolute Gasteiger partial charge is 0.508 e. The van der Waals surface area contributed by atoms with Crippen molar-refractivity contribution in [3.63, 3.8) is 0 Å². The van der Waals surface area contributed by atoms with E-state index in [-0.39, 0.29) is 23.7 Å². The average Bonchev–Trinajstić information content (AvgIpc) is 2.92. The third-order valence-corrected chi connectivity index (χ3v) is 4.85. The number of rotatable bonds is 4. The van der Waals surface area contributed by atoms with E-state index in [9.17, 15) is 15.0 Å². The quantitative estimate of drug-likeness (QED) is 0.685. The van der Waals surface area contributed by atoms with Gasteiger partial charge >= 0.3 is 5.97 Å². The number of aliphatic hydroxyl groups is 1. The lowest BCUT2D eigenvalue weighted by molar-refractivity contribution is -0.138. The molecule has 0 spiro atoms. The smallest absolute Gasteiger partial charge is 0.344 e. The zero-order valence-corrected chi connectivity index (χ0v) is 15.9. The van der Waals surface area contributed by atoms with Gasteiger partial charge < -0.3 is 14.9 Å². The van der Waals surface area contributed by atoms with Gasteiger partial charge in [0.05, 0.1) is 17.2 Å².